The van der Waals surface area contributed by atoms with Crippen LogP contribution in [0.4, 0.5) is 4.79 Å². The molecule has 2 atom stereocenters. The number of fused-ring (bicyclic) bond motifs is 1. The summed E-state index contributed by atoms with van der Waals surface area (Å²) >= 11 is 1.89. The van der Waals surface area contributed by atoms with Gasteiger partial charge >= 0.3 is 6.03 Å². The Morgan fingerprint density at radius 2 is 1.78 bits per heavy atom. The van der Waals surface area contributed by atoms with Crippen molar-refractivity contribution in [2.75, 3.05) is 11.5 Å². The molecule has 2 fully saturated rings. The molecule has 0 aliphatic carbocycles. The minimum absolute atomic E-state index is 0.00491. The third kappa shape index (κ3) is 5.29. The van der Waals surface area contributed by atoms with E-state index in [1.807, 2.05) is 18.7 Å². The number of thioether (sulfide) groups is 1. The van der Waals surface area contributed by atoms with E-state index in [-0.39, 0.29) is 6.03 Å². The highest BCUT2D eigenvalue weighted by Crippen LogP contribution is 2.20. The van der Waals surface area contributed by atoms with Gasteiger partial charge in [0.05, 0.1) is 12.1 Å². The molecule has 4 nitrogen and oxygen atoms in total. The lowest BCUT2D eigenvalue weighted by Gasteiger charge is -2.02. The number of ketones is 1. The molecule has 0 saturated carbocycles. The Morgan fingerprint density at radius 1 is 1.17 bits per heavy atom. The van der Waals surface area contributed by atoms with E-state index < -0.39 is 0 Å². The predicted molar refractivity (Wildman–Crippen MR) is 76.0 cm³/mol. The van der Waals surface area contributed by atoms with Crippen LogP contribution in [0.15, 0.2) is 0 Å². The summed E-state index contributed by atoms with van der Waals surface area (Å²) in [6, 6.07) is 0.815. The van der Waals surface area contributed by atoms with Gasteiger partial charge in [-0.3, -0.25) is 4.79 Å². The van der Waals surface area contributed by atoms with Crippen molar-refractivity contribution in [1.82, 2.24) is 10.6 Å². The van der Waals surface area contributed by atoms with E-state index in [0.717, 1.165) is 43.6 Å². The summed E-state index contributed by atoms with van der Waals surface area (Å²) in [5.41, 5.74) is 0. The van der Waals surface area contributed by atoms with Crippen LogP contribution in [0.2, 0.25) is 0 Å². The number of nitrogens with one attached hydrogen (secondary N) is 2. The lowest BCUT2D eigenvalue weighted by Crippen LogP contribution is -2.31. The first-order valence-electron chi connectivity index (χ1n) is 6.83. The third-order valence-electron chi connectivity index (χ3n) is 3.05. The van der Waals surface area contributed by atoms with Crippen LogP contribution < -0.4 is 10.6 Å². The van der Waals surface area contributed by atoms with Crippen molar-refractivity contribution in [3.05, 3.63) is 0 Å². The van der Waals surface area contributed by atoms with Gasteiger partial charge in [0.25, 0.3) is 0 Å². The van der Waals surface area contributed by atoms with Crippen LogP contribution in [0, 0.1) is 0 Å². The monoisotopic (exact) mass is 272 g/mol. The number of amides is 2. The van der Waals surface area contributed by atoms with Crippen LogP contribution in [-0.2, 0) is 4.79 Å². The number of rotatable bonds is 5. The Balaban J connectivity index is 0.000000180. The summed E-state index contributed by atoms with van der Waals surface area (Å²) in [7, 11) is 0. The number of carbonyl (C=O) groups is 2. The molecule has 2 amide bonds. The van der Waals surface area contributed by atoms with Crippen molar-refractivity contribution < 1.29 is 9.59 Å². The normalized spacial score (nSPS) is 24.7. The molecule has 0 aromatic carbocycles. The Kier molecular flexibility index (Phi) is 7.16. The van der Waals surface area contributed by atoms with Gasteiger partial charge in [-0.1, -0.05) is 20.3 Å². The van der Waals surface area contributed by atoms with Crippen molar-refractivity contribution in [3.8, 4) is 0 Å². The van der Waals surface area contributed by atoms with Crippen LogP contribution in [0.3, 0.4) is 0 Å². The van der Waals surface area contributed by atoms with Gasteiger partial charge in [0, 0.05) is 24.3 Å². The minimum atomic E-state index is 0.00491. The summed E-state index contributed by atoms with van der Waals surface area (Å²) in [4.78, 5) is 21.4. The lowest BCUT2D eigenvalue weighted by molar-refractivity contribution is -0.119. The molecule has 0 aromatic rings. The lowest BCUT2D eigenvalue weighted by atomic mass is 10.1. The van der Waals surface area contributed by atoms with Crippen molar-refractivity contribution >= 4 is 23.6 Å². The highest BCUT2D eigenvalue weighted by atomic mass is 32.2. The number of unbranched alkanes of at least 4 members (excludes halogenated alkanes) is 1. The van der Waals surface area contributed by atoms with E-state index in [4.69, 9.17) is 0 Å². The van der Waals surface area contributed by atoms with Gasteiger partial charge in [0.2, 0.25) is 0 Å². The standard InChI is InChI=1S/C8H16O.C5H8N2OS/c1-3-5-7-8(9)6-4-2;8-5-6-3-1-9-2-4(3)7-5/h3-7H2,1-2H3;3-4H,1-2H2,(H2,6,7,8). The number of hydrogen-bond acceptors (Lipinski definition) is 3. The number of hydrogen-bond donors (Lipinski definition) is 2. The van der Waals surface area contributed by atoms with Crippen LogP contribution >= 0.6 is 11.8 Å². The van der Waals surface area contributed by atoms with Gasteiger partial charge in [-0.15, -0.1) is 0 Å². The van der Waals surface area contributed by atoms with Gasteiger partial charge in [0.15, 0.2) is 0 Å². The largest absolute Gasteiger partial charge is 0.332 e. The van der Waals surface area contributed by atoms with Gasteiger partial charge in [-0.2, -0.15) is 11.8 Å². The number of carbonyl (C=O) groups excluding carboxylic acids is 2. The molecular weight excluding hydrogens is 248 g/mol. The summed E-state index contributed by atoms with van der Waals surface area (Å²) in [6.45, 7) is 4.16. The first kappa shape index (κ1) is 15.3. The molecular formula is C13H24N2O2S. The molecule has 2 aliphatic heterocycles. The van der Waals surface area contributed by atoms with Crippen molar-refractivity contribution in [1.29, 1.82) is 0 Å². The highest BCUT2D eigenvalue weighted by molar-refractivity contribution is 7.99. The van der Waals surface area contributed by atoms with Gasteiger partial charge in [-0.25, -0.2) is 4.79 Å². The minimum Gasteiger partial charge on any atom is -0.332 e. The Labute approximate surface area is 114 Å². The maximum atomic E-state index is 10.8. The van der Waals surface area contributed by atoms with E-state index in [1.165, 1.54) is 0 Å². The second kappa shape index (κ2) is 8.40. The maximum Gasteiger partial charge on any atom is 0.315 e. The first-order valence-corrected chi connectivity index (χ1v) is 7.99. The van der Waals surface area contributed by atoms with Crippen LogP contribution in [0.1, 0.15) is 46.0 Å². The molecule has 0 spiro atoms. The SMILES string of the molecule is CCCCC(=O)CCC.O=C1NC2CSCC2N1. The fraction of sp³-hybridized carbons (Fsp3) is 0.846. The summed E-state index contributed by atoms with van der Waals surface area (Å²) < 4.78 is 0. The maximum absolute atomic E-state index is 10.8. The zero-order valence-corrected chi connectivity index (χ0v) is 12.1. The fourth-order valence-corrected chi connectivity index (χ4v) is 3.27. The Hall–Kier alpha value is -0.710. The van der Waals surface area contributed by atoms with Crippen molar-refractivity contribution in [3.63, 3.8) is 0 Å². The van der Waals surface area contributed by atoms with E-state index in [2.05, 4.69) is 17.6 Å². The molecule has 2 unspecified atom stereocenters. The number of Topliss-reactive ketones (excluding diaryl/α,β-unsaturated/α-hetero) is 1. The quantitative estimate of drug-likeness (QED) is 0.755. The molecule has 104 valence electrons. The van der Waals surface area contributed by atoms with Crippen LogP contribution in [0.5, 0.6) is 0 Å². The van der Waals surface area contributed by atoms with Gasteiger partial charge in [-0.05, 0) is 12.8 Å². The molecule has 0 aromatic heterocycles. The zero-order valence-electron chi connectivity index (χ0n) is 11.3. The smallest absolute Gasteiger partial charge is 0.315 e. The molecule has 2 N–H and O–H groups in total. The van der Waals surface area contributed by atoms with Gasteiger partial charge < -0.3 is 10.6 Å². The van der Waals surface area contributed by atoms with Crippen molar-refractivity contribution in [2.24, 2.45) is 0 Å². The van der Waals surface area contributed by atoms with E-state index in [9.17, 15) is 9.59 Å². The second-order valence-electron chi connectivity index (χ2n) is 4.76. The molecule has 0 bridgehead atoms. The molecule has 2 rings (SSSR count). The molecule has 18 heavy (non-hydrogen) atoms. The molecule has 5 heteroatoms. The summed E-state index contributed by atoms with van der Waals surface area (Å²) in [5, 5.41) is 5.69. The highest BCUT2D eigenvalue weighted by Gasteiger charge is 2.35. The average molecular weight is 272 g/mol. The summed E-state index contributed by atoms with van der Waals surface area (Å²) in [5.74, 6) is 2.58. The van der Waals surface area contributed by atoms with Crippen LogP contribution in [-0.4, -0.2) is 35.4 Å². The molecule has 2 heterocycles. The fourth-order valence-electron chi connectivity index (χ4n) is 2.00. The Bertz CT molecular complexity index is 268. The first-order chi connectivity index (χ1) is 8.67. The zero-order chi connectivity index (χ0) is 13.4. The Morgan fingerprint density at radius 3 is 2.28 bits per heavy atom. The summed E-state index contributed by atoms with van der Waals surface area (Å²) in [6.07, 6.45) is 4.78. The van der Waals surface area contributed by atoms with E-state index >= 15 is 0 Å². The predicted octanol–water partition coefficient (Wildman–Crippen LogP) is 2.33. The van der Waals surface area contributed by atoms with E-state index in [0.29, 0.717) is 17.9 Å². The second-order valence-corrected chi connectivity index (χ2v) is 5.84. The third-order valence-corrected chi connectivity index (χ3v) is 4.24. The van der Waals surface area contributed by atoms with E-state index in [1.54, 1.807) is 0 Å². The topological polar surface area (TPSA) is 58.2 Å². The van der Waals surface area contributed by atoms with Gasteiger partial charge in [0.1, 0.15) is 5.78 Å². The molecule has 0 radical (unpaired) electrons. The number of urea groups is 1. The van der Waals surface area contributed by atoms with Crippen LogP contribution in [0.25, 0.3) is 0 Å². The van der Waals surface area contributed by atoms with Crippen molar-refractivity contribution in [2.45, 2.75) is 58.0 Å². The molecule has 2 aliphatic rings. The average Bonchev–Trinajstić information content (AvgIpc) is 2.87. The molecule has 2 saturated heterocycles.